The van der Waals surface area contributed by atoms with Gasteiger partial charge in [-0.05, 0) is 31.2 Å². The van der Waals surface area contributed by atoms with Gasteiger partial charge in [0.15, 0.2) is 6.23 Å². The molecule has 2 aromatic rings. The highest BCUT2D eigenvalue weighted by molar-refractivity contribution is 5.77. The zero-order valence-corrected chi connectivity index (χ0v) is 15.8. The molecule has 7 nitrogen and oxygen atoms in total. The minimum absolute atomic E-state index is 0.530. The van der Waals surface area contributed by atoms with Crippen LogP contribution in [0.1, 0.15) is 23.9 Å². The average Bonchev–Trinajstić information content (AvgIpc) is 3.13. The van der Waals surface area contributed by atoms with Gasteiger partial charge in [0.1, 0.15) is 11.5 Å². The molecule has 1 saturated heterocycles. The fraction of sp³-hybridized carbons (Fsp3) is 0.474. The number of aryl methyl sites for hydroxylation is 1. The lowest BCUT2D eigenvalue weighted by Crippen LogP contribution is -2.46. The molecule has 0 amide bonds. The van der Waals surface area contributed by atoms with Gasteiger partial charge in [0.05, 0.1) is 18.2 Å². The largest absolute Gasteiger partial charge is 0.416 e. The van der Waals surface area contributed by atoms with Gasteiger partial charge in [-0.1, -0.05) is 6.07 Å². The van der Waals surface area contributed by atoms with Crippen LogP contribution in [0.25, 0.3) is 0 Å². The number of hydrogen-bond donors (Lipinski definition) is 2. The molecule has 1 aromatic carbocycles. The number of anilines is 2. The lowest BCUT2D eigenvalue weighted by molar-refractivity contribution is -0.137. The van der Waals surface area contributed by atoms with Crippen molar-refractivity contribution in [1.29, 1.82) is 0 Å². The molecule has 0 saturated carbocycles. The number of hydrogen-bond acceptors (Lipinski definition) is 6. The maximum atomic E-state index is 12.9. The number of imidazole rings is 1. The topological polar surface area (TPSA) is 68.9 Å². The third-order valence-corrected chi connectivity index (χ3v) is 5.31. The maximum Gasteiger partial charge on any atom is 0.416 e. The van der Waals surface area contributed by atoms with Gasteiger partial charge in [-0.2, -0.15) is 13.2 Å². The Morgan fingerprint density at radius 3 is 2.69 bits per heavy atom. The summed E-state index contributed by atoms with van der Waals surface area (Å²) in [6.07, 6.45) is -1.17. The van der Waals surface area contributed by atoms with E-state index in [4.69, 9.17) is 0 Å². The highest BCUT2D eigenvalue weighted by Gasteiger charge is 2.31. The first-order valence-electron chi connectivity index (χ1n) is 9.57. The SMILES string of the molecule is OC1N=CNc2c1ncn2CCCN1CCN(c2cccc(C(F)(F)F)c2)CC1. The molecule has 0 spiro atoms. The molecule has 2 aliphatic heterocycles. The second-order valence-electron chi connectivity index (χ2n) is 7.20. The van der Waals surface area contributed by atoms with E-state index in [1.165, 1.54) is 18.5 Å². The Morgan fingerprint density at radius 2 is 1.93 bits per heavy atom. The fourth-order valence-electron chi connectivity index (χ4n) is 3.73. The molecule has 3 heterocycles. The van der Waals surface area contributed by atoms with Crippen LogP contribution in [0.4, 0.5) is 24.7 Å². The van der Waals surface area contributed by atoms with Gasteiger partial charge in [-0.3, -0.25) is 4.90 Å². The van der Waals surface area contributed by atoms with Crippen LogP contribution in [0, 0.1) is 0 Å². The van der Waals surface area contributed by atoms with Crippen LogP contribution in [-0.4, -0.2) is 58.6 Å². The number of aliphatic imine (C=N–C) groups is 1. The molecule has 4 rings (SSSR count). The number of fused-ring (bicyclic) bond motifs is 1. The molecule has 2 N–H and O–H groups in total. The van der Waals surface area contributed by atoms with Crippen molar-refractivity contribution in [2.24, 2.45) is 4.99 Å². The van der Waals surface area contributed by atoms with E-state index in [0.717, 1.165) is 44.5 Å². The predicted octanol–water partition coefficient (Wildman–Crippen LogP) is 2.56. The van der Waals surface area contributed by atoms with Crippen molar-refractivity contribution in [3.8, 4) is 0 Å². The van der Waals surface area contributed by atoms with Crippen LogP contribution in [0.5, 0.6) is 0 Å². The van der Waals surface area contributed by atoms with E-state index in [1.807, 2.05) is 9.47 Å². The molecule has 10 heteroatoms. The summed E-state index contributed by atoms with van der Waals surface area (Å²) in [5, 5.41) is 12.8. The summed E-state index contributed by atoms with van der Waals surface area (Å²) in [4.78, 5) is 12.4. The van der Waals surface area contributed by atoms with Gasteiger partial charge in [0.2, 0.25) is 0 Å². The Balaban J connectivity index is 1.26. The molecular formula is C19H23F3N6O. The maximum absolute atomic E-state index is 12.9. The van der Waals surface area contributed by atoms with E-state index in [2.05, 4.69) is 20.2 Å². The first-order valence-corrected chi connectivity index (χ1v) is 9.57. The van der Waals surface area contributed by atoms with Crippen LogP contribution < -0.4 is 10.2 Å². The van der Waals surface area contributed by atoms with Crippen molar-refractivity contribution in [2.75, 3.05) is 42.9 Å². The highest BCUT2D eigenvalue weighted by atomic mass is 19.4. The van der Waals surface area contributed by atoms with Crippen LogP contribution in [-0.2, 0) is 12.7 Å². The molecule has 0 radical (unpaired) electrons. The summed E-state index contributed by atoms with van der Waals surface area (Å²) >= 11 is 0. The Hall–Kier alpha value is -2.59. The highest BCUT2D eigenvalue weighted by Crippen LogP contribution is 2.32. The van der Waals surface area contributed by atoms with Gasteiger partial charge < -0.3 is 19.9 Å². The summed E-state index contributed by atoms with van der Waals surface area (Å²) in [7, 11) is 0. The zero-order valence-electron chi connectivity index (χ0n) is 15.8. The lowest BCUT2D eigenvalue weighted by Gasteiger charge is -2.36. The molecular weight excluding hydrogens is 385 g/mol. The quantitative estimate of drug-likeness (QED) is 0.796. The summed E-state index contributed by atoms with van der Waals surface area (Å²) in [5.41, 5.74) is 0.544. The molecule has 1 unspecified atom stereocenters. The van der Waals surface area contributed by atoms with Gasteiger partial charge >= 0.3 is 6.18 Å². The lowest BCUT2D eigenvalue weighted by atomic mass is 10.1. The number of aliphatic hydroxyl groups is 1. The molecule has 1 aromatic heterocycles. The molecule has 156 valence electrons. The van der Waals surface area contributed by atoms with Gasteiger partial charge in [0.25, 0.3) is 0 Å². The van der Waals surface area contributed by atoms with Crippen molar-refractivity contribution in [1.82, 2.24) is 14.5 Å². The Bertz CT molecular complexity index is 873. The molecule has 0 bridgehead atoms. The average molecular weight is 408 g/mol. The van der Waals surface area contributed by atoms with Crippen LogP contribution in [0.2, 0.25) is 0 Å². The number of rotatable bonds is 5. The van der Waals surface area contributed by atoms with E-state index in [9.17, 15) is 18.3 Å². The Labute approximate surface area is 166 Å². The smallest absolute Gasteiger partial charge is 0.369 e. The first kappa shape index (κ1) is 19.7. The third-order valence-electron chi connectivity index (χ3n) is 5.31. The second-order valence-corrected chi connectivity index (χ2v) is 7.20. The van der Waals surface area contributed by atoms with Crippen molar-refractivity contribution in [3.63, 3.8) is 0 Å². The van der Waals surface area contributed by atoms with Crippen LogP contribution in [0.15, 0.2) is 35.6 Å². The fourth-order valence-corrected chi connectivity index (χ4v) is 3.73. The monoisotopic (exact) mass is 408 g/mol. The zero-order chi connectivity index (χ0) is 20.4. The van der Waals surface area contributed by atoms with E-state index in [-0.39, 0.29) is 0 Å². The Morgan fingerprint density at radius 1 is 1.14 bits per heavy atom. The number of alkyl halides is 3. The molecule has 0 aliphatic carbocycles. The Kier molecular flexibility index (Phi) is 5.46. The third kappa shape index (κ3) is 4.38. The number of aromatic nitrogens is 2. The molecule has 2 aliphatic rings. The van der Waals surface area contributed by atoms with E-state index in [0.29, 0.717) is 24.5 Å². The molecule has 29 heavy (non-hydrogen) atoms. The van der Waals surface area contributed by atoms with Crippen molar-refractivity contribution < 1.29 is 18.3 Å². The van der Waals surface area contributed by atoms with Crippen LogP contribution >= 0.6 is 0 Å². The van der Waals surface area contributed by atoms with Gasteiger partial charge in [0, 0.05) is 38.4 Å². The number of halogens is 3. The predicted molar refractivity (Wildman–Crippen MR) is 104 cm³/mol. The standard InChI is InChI=1S/C19H23F3N6O/c20-19(21,22)14-3-1-4-15(11-14)27-9-7-26(8-10-27)5-2-6-28-13-25-16-17(28)23-12-24-18(16)29/h1,3-4,11-13,18,29H,2,5-10H2,(H,23,24). The van der Waals surface area contributed by atoms with E-state index >= 15 is 0 Å². The summed E-state index contributed by atoms with van der Waals surface area (Å²) in [6, 6.07) is 5.53. The first-order chi connectivity index (χ1) is 13.9. The number of nitrogens with zero attached hydrogens (tertiary/aromatic N) is 5. The minimum Gasteiger partial charge on any atom is -0.369 e. The van der Waals surface area contributed by atoms with Crippen molar-refractivity contribution in [2.45, 2.75) is 25.4 Å². The normalized spacial score (nSPS) is 19.9. The number of benzene rings is 1. The number of nitrogens with one attached hydrogen (secondary N) is 1. The van der Waals surface area contributed by atoms with Crippen molar-refractivity contribution >= 4 is 17.8 Å². The summed E-state index contributed by atoms with van der Waals surface area (Å²) < 4.78 is 40.7. The number of piperazine rings is 1. The second kappa shape index (κ2) is 8.03. The summed E-state index contributed by atoms with van der Waals surface area (Å²) in [6.45, 7) is 4.66. The van der Waals surface area contributed by atoms with E-state index in [1.54, 1.807) is 12.4 Å². The van der Waals surface area contributed by atoms with Gasteiger partial charge in [-0.15, -0.1) is 0 Å². The van der Waals surface area contributed by atoms with Crippen LogP contribution in [0.3, 0.4) is 0 Å². The van der Waals surface area contributed by atoms with Gasteiger partial charge in [-0.25, -0.2) is 9.98 Å². The molecule has 1 atom stereocenters. The molecule has 1 fully saturated rings. The minimum atomic E-state index is -4.32. The van der Waals surface area contributed by atoms with E-state index < -0.39 is 18.0 Å². The number of aliphatic hydroxyl groups excluding tert-OH is 1. The summed E-state index contributed by atoms with van der Waals surface area (Å²) in [5.74, 6) is 0.766. The van der Waals surface area contributed by atoms with Crippen molar-refractivity contribution in [3.05, 3.63) is 41.9 Å².